The third-order valence-corrected chi connectivity index (χ3v) is 4.05. The molecule has 1 rings (SSSR count). The summed E-state index contributed by atoms with van der Waals surface area (Å²) < 4.78 is 31.0. The van der Waals surface area contributed by atoms with E-state index in [1.54, 1.807) is 6.92 Å². The molecule has 0 amide bonds. The number of aryl methyl sites for hydroxylation is 1. The van der Waals surface area contributed by atoms with Gasteiger partial charge in [0.05, 0.1) is 5.92 Å². The first kappa shape index (κ1) is 17.6. The van der Waals surface area contributed by atoms with E-state index < -0.39 is 21.9 Å². The number of aromatic nitrogens is 1. The molecule has 0 aliphatic heterocycles. The molecular formula is C13H22N2O5S. The van der Waals surface area contributed by atoms with Crippen LogP contribution in [0.2, 0.25) is 0 Å². The van der Waals surface area contributed by atoms with E-state index in [0.717, 1.165) is 0 Å². The van der Waals surface area contributed by atoms with Gasteiger partial charge in [-0.15, -0.1) is 0 Å². The highest BCUT2D eigenvalue weighted by Crippen LogP contribution is 2.24. The molecule has 1 aromatic heterocycles. The molecular weight excluding hydrogens is 296 g/mol. The van der Waals surface area contributed by atoms with Gasteiger partial charge in [0.15, 0.2) is 0 Å². The Morgan fingerprint density at radius 3 is 2.52 bits per heavy atom. The molecule has 7 nitrogen and oxygen atoms in total. The highest BCUT2D eigenvalue weighted by molar-refractivity contribution is 7.88. The summed E-state index contributed by atoms with van der Waals surface area (Å²) in [6.07, 6.45) is 0.383. The van der Waals surface area contributed by atoms with Crippen molar-refractivity contribution in [3.05, 3.63) is 17.5 Å². The van der Waals surface area contributed by atoms with E-state index in [0.29, 0.717) is 17.9 Å². The van der Waals surface area contributed by atoms with Gasteiger partial charge < -0.3 is 9.63 Å². The Morgan fingerprint density at radius 1 is 1.48 bits per heavy atom. The molecule has 1 heterocycles. The number of carbonyl (C=O) groups is 1. The number of carboxylic acids is 1. The maximum absolute atomic E-state index is 11.9. The summed E-state index contributed by atoms with van der Waals surface area (Å²) in [5.74, 6) is -1.58. The molecule has 120 valence electrons. The second-order valence-corrected chi connectivity index (χ2v) is 8.14. The van der Waals surface area contributed by atoms with Crippen molar-refractivity contribution in [1.82, 2.24) is 9.88 Å². The fourth-order valence-electron chi connectivity index (χ4n) is 1.95. The van der Waals surface area contributed by atoms with Crippen LogP contribution in [0.25, 0.3) is 0 Å². The van der Waals surface area contributed by atoms with E-state index in [9.17, 15) is 13.2 Å². The number of nitrogens with zero attached hydrogens (tertiary/aromatic N) is 1. The molecule has 0 aliphatic rings. The molecule has 0 radical (unpaired) electrons. The predicted octanol–water partition coefficient (Wildman–Crippen LogP) is 1.54. The second kappa shape index (κ2) is 6.57. The van der Waals surface area contributed by atoms with E-state index in [-0.39, 0.29) is 17.7 Å². The first-order valence-corrected chi connectivity index (χ1v) is 8.26. The van der Waals surface area contributed by atoms with Crippen LogP contribution in [0.1, 0.15) is 38.6 Å². The maximum Gasteiger partial charge on any atom is 0.307 e. The molecule has 0 spiro atoms. The van der Waals surface area contributed by atoms with E-state index in [4.69, 9.17) is 9.63 Å². The SMILES string of the molecule is Cc1cc(CS(=O)(=O)NCC(CC(C)(C)C)C(=O)O)no1. The van der Waals surface area contributed by atoms with Gasteiger partial charge >= 0.3 is 5.97 Å². The molecule has 0 aliphatic carbocycles. The Hall–Kier alpha value is -1.41. The van der Waals surface area contributed by atoms with Crippen molar-refractivity contribution in [2.75, 3.05) is 6.54 Å². The smallest absolute Gasteiger partial charge is 0.307 e. The summed E-state index contributed by atoms with van der Waals surface area (Å²) in [7, 11) is -3.64. The molecule has 1 unspecified atom stereocenters. The third kappa shape index (κ3) is 6.72. The minimum Gasteiger partial charge on any atom is -0.481 e. The lowest BCUT2D eigenvalue weighted by molar-refractivity contribution is -0.142. The van der Waals surface area contributed by atoms with E-state index in [1.807, 2.05) is 20.8 Å². The minimum atomic E-state index is -3.64. The van der Waals surface area contributed by atoms with Gasteiger partial charge in [-0.3, -0.25) is 4.79 Å². The molecule has 0 saturated carbocycles. The van der Waals surface area contributed by atoms with Gasteiger partial charge in [0.2, 0.25) is 10.0 Å². The van der Waals surface area contributed by atoms with Gasteiger partial charge in [-0.05, 0) is 18.8 Å². The number of hydrogen-bond donors (Lipinski definition) is 2. The van der Waals surface area contributed by atoms with Crippen molar-refractivity contribution >= 4 is 16.0 Å². The third-order valence-electron chi connectivity index (χ3n) is 2.77. The minimum absolute atomic E-state index is 0.133. The first-order chi connectivity index (χ1) is 9.48. The summed E-state index contributed by atoms with van der Waals surface area (Å²) in [5.41, 5.74) is 0.0975. The van der Waals surface area contributed by atoms with Gasteiger partial charge in [0.1, 0.15) is 17.2 Å². The van der Waals surface area contributed by atoms with Crippen LogP contribution in [0.15, 0.2) is 10.6 Å². The van der Waals surface area contributed by atoms with Crippen LogP contribution < -0.4 is 4.72 Å². The Kier molecular flexibility index (Phi) is 5.52. The van der Waals surface area contributed by atoms with Crippen molar-refractivity contribution in [2.45, 2.75) is 39.9 Å². The largest absolute Gasteiger partial charge is 0.481 e. The van der Waals surface area contributed by atoms with Crippen molar-refractivity contribution in [3.63, 3.8) is 0 Å². The summed E-state index contributed by atoms with van der Waals surface area (Å²) in [4.78, 5) is 11.2. The van der Waals surface area contributed by atoms with Crippen molar-refractivity contribution in [3.8, 4) is 0 Å². The first-order valence-electron chi connectivity index (χ1n) is 6.61. The normalized spacial score (nSPS) is 14.1. The van der Waals surface area contributed by atoms with Gasteiger partial charge in [-0.1, -0.05) is 25.9 Å². The highest BCUT2D eigenvalue weighted by atomic mass is 32.2. The van der Waals surface area contributed by atoms with Gasteiger partial charge in [0, 0.05) is 12.6 Å². The standard InChI is InChI=1S/C13H22N2O5S/c1-9-5-11(15-20-9)8-21(18,19)14-7-10(12(16)17)6-13(2,3)4/h5,10,14H,6-8H2,1-4H3,(H,16,17). The molecule has 0 bridgehead atoms. The van der Waals surface area contributed by atoms with Crippen molar-refractivity contribution < 1.29 is 22.8 Å². The van der Waals surface area contributed by atoms with Crippen LogP contribution in [0.4, 0.5) is 0 Å². The summed E-state index contributed by atoms with van der Waals surface area (Å²) in [5, 5.41) is 12.8. The van der Waals surface area contributed by atoms with Crippen LogP contribution in [0.5, 0.6) is 0 Å². The molecule has 21 heavy (non-hydrogen) atoms. The van der Waals surface area contributed by atoms with E-state index >= 15 is 0 Å². The molecule has 0 saturated heterocycles. The second-order valence-electron chi connectivity index (χ2n) is 6.34. The Bertz CT molecular complexity index is 586. The number of aliphatic carboxylic acids is 1. The van der Waals surface area contributed by atoms with Crippen LogP contribution in [-0.4, -0.2) is 31.2 Å². The number of nitrogens with one attached hydrogen (secondary N) is 1. The van der Waals surface area contributed by atoms with Gasteiger partial charge in [0.25, 0.3) is 0 Å². The zero-order chi connectivity index (χ0) is 16.3. The van der Waals surface area contributed by atoms with Gasteiger partial charge in [-0.2, -0.15) is 0 Å². The lowest BCUT2D eigenvalue weighted by atomic mass is 9.85. The lowest BCUT2D eigenvalue weighted by Gasteiger charge is -2.23. The predicted molar refractivity (Wildman–Crippen MR) is 77.1 cm³/mol. The average molecular weight is 318 g/mol. The van der Waals surface area contributed by atoms with Crippen LogP contribution in [0.3, 0.4) is 0 Å². The number of carboxylic acid groups (broad SMARTS) is 1. The topological polar surface area (TPSA) is 110 Å². The Labute approximate surface area is 124 Å². The fourth-order valence-corrected chi connectivity index (χ4v) is 3.03. The van der Waals surface area contributed by atoms with Crippen LogP contribution in [0, 0.1) is 18.3 Å². The average Bonchev–Trinajstić information content (AvgIpc) is 2.67. The lowest BCUT2D eigenvalue weighted by Crippen LogP contribution is -2.35. The molecule has 0 fully saturated rings. The van der Waals surface area contributed by atoms with Crippen molar-refractivity contribution in [1.29, 1.82) is 0 Å². The van der Waals surface area contributed by atoms with Crippen LogP contribution >= 0.6 is 0 Å². The molecule has 1 aromatic rings. The monoisotopic (exact) mass is 318 g/mol. The van der Waals surface area contributed by atoms with E-state index in [2.05, 4.69) is 9.88 Å². The number of hydrogen-bond acceptors (Lipinski definition) is 5. The van der Waals surface area contributed by atoms with E-state index in [1.165, 1.54) is 6.07 Å². The van der Waals surface area contributed by atoms with Crippen LogP contribution in [-0.2, 0) is 20.6 Å². The zero-order valence-corrected chi connectivity index (χ0v) is 13.5. The number of sulfonamides is 1. The molecule has 2 N–H and O–H groups in total. The maximum atomic E-state index is 11.9. The van der Waals surface area contributed by atoms with Crippen molar-refractivity contribution in [2.24, 2.45) is 11.3 Å². The summed E-state index contributed by atoms with van der Waals surface area (Å²) in [6.45, 7) is 7.27. The number of rotatable bonds is 7. The molecule has 8 heteroatoms. The summed E-state index contributed by atoms with van der Waals surface area (Å²) >= 11 is 0. The zero-order valence-electron chi connectivity index (χ0n) is 12.7. The highest BCUT2D eigenvalue weighted by Gasteiger charge is 2.26. The summed E-state index contributed by atoms with van der Waals surface area (Å²) in [6, 6.07) is 1.53. The molecule has 0 aromatic carbocycles. The fraction of sp³-hybridized carbons (Fsp3) is 0.692. The Morgan fingerprint density at radius 2 is 2.10 bits per heavy atom. The Balaban J connectivity index is 2.63. The molecule has 1 atom stereocenters. The van der Waals surface area contributed by atoms with Gasteiger partial charge in [-0.25, -0.2) is 13.1 Å². The quantitative estimate of drug-likeness (QED) is 0.789.